The van der Waals surface area contributed by atoms with Gasteiger partial charge < -0.3 is 5.32 Å². The summed E-state index contributed by atoms with van der Waals surface area (Å²) in [7, 11) is 0. The molecule has 0 atom stereocenters. The van der Waals surface area contributed by atoms with E-state index in [1.54, 1.807) is 12.1 Å². The summed E-state index contributed by atoms with van der Waals surface area (Å²) in [6.45, 7) is 3.22. The van der Waals surface area contributed by atoms with Crippen LogP contribution in [0.4, 0.5) is 17.1 Å². The number of nitrogens with zero attached hydrogens (tertiary/aromatic N) is 2. The molecule has 2 aromatic rings. The molecule has 0 radical (unpaired) electrons. The molecule has 134 valence electrons. The molecule has 8 heteroatoms. The minimum atomic E-state index is -0.510. The topological polar surface area (TPSA) is 114 Å². The molecule has 0 bridgehead atoms. The number of non-ortho nitro benzene ring substituents is 1. The summed E-state index contributed by atoms with van der Waals surface area (Å²) >= 11 is 0. The Morgan fingerprint density at radius 2 is 1.77 bits per heavy atom. The third-order valence-corrected chi connectivity index (χ3v) is 3.47. The van der Waals surface area contributed by atoms with E-state index in [0.717, 1.165) is 5.56 Å². The quantitative estimate of drug-likeness (QED) is 0.450. The molecule has 0 unspecified atom stereocenters. The van der Waals surface area contributed by atoms with Crippen LogP contribution in [0, 0.1) is 17.0 Å². The number of amides is 1. The molecule has 0 aliphatic heterocycles. The molecule has 26 heavy (non-hydrogen) atoms. The number of nitrogens with one attached hydrogen (secondary N) is 2. The highest BCUT2D eigenvalue weighted by molar-refractivity contribution is 6.45. The lowest BCUT2D eigenvalue weighted by atomic mass is 10.1. The Labute approximate surface area is 150 Å². The van der Waals surface area contributed by atoms with Gasteiger partial charge in [0.1, 0.15) is 11.5 Å². The number of carbonyl (C=O) groups excluding carboxylic acids is 2. The fraction of sp³-hybridized carbons (Fsp3) is 0.167. The smallest absolute Gasteiger partial charge is 0.272 e. The van der Waals surface area contributed by atoms with E-state index in [1.807, 2.05) is 19.1 Å². The molecule has 1 amide bonds. The summed E-state index contributed by atoms with van der Waals surface area (Å²) in [6.07, 6.45) is -0.141. The van der Waals surface area contributed by atoms with Crippen LogP contribution in [0.15, 0.2) is 53.6 Å². The summed E-state index contributed by atoms with van der Waals surface area (Å²) in [4.78, 5) is 34.0. The number of para-hydroxylation sites is 1. The van der Waals surface area contributed by atoms with Crippen molar-refractivity contribution >= 4 is 34.5 Å². The number of carbonyl (C=O) groups is 2. The van der Waals surface area contributed by atoms with Crippen molar-refractivity contribution in [1.82, 2.24) is 0 Å². The van der Waals surface area contributed by atoms with Gasteiger partial charge in [-0.2, -0.15) is 5.10 Å². The first-order chi connectivity index (χ1) is 12.4. The van der Waals surface area contributed by atoms with Crippen LogP contribution >= 0.6 is 0 Å². The summed E-state index contributed by atoms with van der Waals surface area (Å²) in [5.41, 5.74) is 4.58. The van der Waals surface area contributed by atoms with Crippen molar-refractivity contribution in [2.75, 3.05) is 10.7 Å². The second-order valence-corrected chi connectivity index (χ2v) is 5.62. The van der Waals surface area contributed by atoms with Crippen LogP contribution in [0.25, 0.3) is 0 Å². The lowest BCUT2D eigenvalue weighted by Crippen LogP contribution is -2.26. The molecule has 0 heterocycles. The number of aryl methyl sites for hydroxylation is 1. The maximum Gasteiger partial charge on any atom is 0.272 e. The van der Waals surface area contributed by atoms with E-state index in [0.29, 0.717) is 11.4 Å². The Kier molecular flexibility index (Phi) is 6.15. The van der Waals surface area contributed by atoms with Crippen molar-refractivity contribution < 1.29 is 14.5 Å². The van der Waals surface area contributed by atoms with E-state index < -0.39 is 10.8 Å². The molecule has 0 spiro atoms. The maximum atomic E-state index is 12.4. The van der Waals surface area contributed by atoms with Gasteiger partial charge in [0.05, 0.1) is 17.0 Å². The summed E-state index contributed by atoms with van der Waals surface area (Å²) in [6, 6.07) is 12.8. The van der Waals surface area contributed by atoms with Crippen LogP contribution in [0.1, 0.15) is 18.9 Å². The molecular formula is C18H18N4O4. The van der Waals surface area contributed by atoms with Crippen LogP contribution in [0.5, 0.6) is 0 Å². The number of benzene rings is 2. The average molecular weight is 354 g/mol. The zero-order chi connectivity index (χ0) is 19.1. The van der Waals surface area contributed by atoms with Crippen molar-refractivity contribution in [3.05, 3.63) is 64.2 Å². The van der Waals surface area contributed by atoms with Gasteiger partial charge in [0.25, 0.3) is 11.6 Å². The van der Waals surface area contributed by atoms with Gasteiger partial charge in [-0.25, -0.2) is 0 Å². The van der Waals surface area contributed by atoms with E-state index in [4.69, 9.17) is 0 Å². The first kappa shape index (κ1) is 18.8. The highest BCUT2D eigenvalue weighted by atomic mass is 16.6. The van der Waals surface area contributed by atoms with Gasteiger partial charge in [-0.3, -0.25) is 25.1 Å². The molecule has 0 saturated heterocycles. The molecule has 0 fully saturated rings. The lowest BCUT2D eigenvalue weighted by molar-refractivity contribution is -0.384. The number of hydrazone groups is 1. The first-order valence-corrected chi connectivity index (χ1v) is 7.80. The molecular weight excluding hydrogens is 336 g/mol. The Balaban J connectivity index is 2.16. The highest BCUT2D eigenvalue weighted by Crippen LogP contribution is 2.16. The van der Waals surface area contributed by atoms with E-state index >= 15 is 0 Å². The monoisotopic (exact) mass is 354 g/mol. The fourth-order valence-corrected chi connectivity index (χ4v) is 2.10. The number of anilines is 2. The Morgan fingerprint density at radius 3 is 2.35 bits per heavy atom. The number of ketones is 1. The zero-order valence-corrected chi connectivity index (χ0v) is 14.4. The van der Waals surface area contributed by atoms with Crippen LogP contribution in [0.3, 0.4) is 0 Å². The maximum absolute atomic E-state index is 12.4. The molecule has 0 aliphatic rings. The standard InChI is InChI=1S/C18H18N4O4/c1-12-5-3-4-6-16(12)19-18(24)17(11-13(2)23)21-20-14-7-9-15(10-8-14)22(25)26/h3-10,20H,11H2,1-2H3,(H,19,24)/b21-17+. The number of hydrogen-bond donors (Lipinski definition) is 2. The summed E-state index contributed by atoms with van der Waals surface area (Å²) in [5.74, 6) is -0.710. The van der Waals surface area contributed by atoms with Gasteiger partial charge >= 0.3 is 0 Å². The van der Waals surface area contributed by atoms with E-state index in [9.17, 15) is 19.7 Å². The Bertz CT molecular complexity index is 860. The molecule has 0 aliphatic carbocycles. The molecule has 8 nitrogen and oxygen atoms in total. The number of nitro benzene ring substituents is 1. The molecule has 2 N–H and O–H groups in total. The predicted molar refractivity (Wildman–Crippen MR) is 99.3 cm³/mol. The van der Waals surface area contributed by atoms with Crippen molar-refractivity contribution in [1.29, 1.82) is 0 Å². The van der Waals surface area contributed by atoms with Crippen molar-refractivity contribution in [2.45, 2.75) is 20.3 Å². The molecule has 2 rings (SSSR count). The predicted octanol–water partition coefficient (Wildman–Crippen LogP) is 3.29. The van der Waals surface area contributed by atoms with Crippen molar-refractivity contribution in [3.63, 3.8) is 0 Å². The van der Waals surface area contributed by atoms with Crippen LogP contribution in [-0.4, -0.2) is 22.3 Å². The van der Waals surface area contributed by atoms with E-state index in [-0.39, 0.29) is 23.6 Å². The lowest BCUT2D eigenvalue weighted by Gasteiger charge is -2.10. The normalized spacial score (nSPS) is 10.9. The number of Topliss-reactive ketones (excluding diaryl/α,β-unsaturated/α-hetero) is 1. The average Bonchev–Trinajstić information content (AvgIpc) is 2.60. The second-order valence-electron chi connectivity index (χ2n) is 5.62. The third kappa shape index (κ3) is 5.23. The number of rotatable bonds is 7. The largest absolute Gasteiger partial charge is 0.321 e. The Hall–Kier alpha value is -3.55. The van der Waals surface area contributed by atoms with Gasteiger partial charge in [0, 0.05) is 17.8 Å². The van der Waals surface area contributed by atoms with Crippen LogP contribution in [-0.2, 0) is 9.59 Å². The zero-order valence-electron chi connectivity index (χ0n) is 14.4. The van der Waals surface area contributed by atoms with E-state index in [1.165, 1.54) is 31.2 Å². The fourth-order valence-electron chi connectivity index (χ4n) is 2.10. The summed E-state index contributed by atoms with van der Waals surface area (Å²) in [5, 5.41) is 17.4. The molecule has 0 aromatic heterocycles. The van der Waals surface area contributed by atoms with Gasteiger partial charge in [-0.15, -0.1) is 0 Å². The SMILES string of the molecule is CC(=O)C/C(=N\Nc1ccc([N+](=O)[O-])cc1)C(=O)Nc1ccccc1C. The van der Waals surface area contributed by atoms with Gasteiger partial charge in [-0.1, -0.05) is 18.2 Å². The minimum absolute atomic E-state index is 0.0131. The van der Waals surface area contributed by atoms with Gasteiger partial charge in [-0.05, 0) is 37.6 Å². The van der Waals surface area contributed by atoms with E-state index in [2.05, 4.69) is 15.8 Å². The summed E-state index contributed by atoms with van der Waals surface area (Å²) < 4.78 is 0. The van der Waals surface area contributed by atoms with Gasteiger partial charge in [0.2, 0.25) is 0 Å². The van der Waals surface area contributed by atoms with Crippen molar-refractivity contribution in [3.8, 4) is 0 Å². The minimum Gasteiger partial charge on any atom is -0.321 e. The highest BCUT2D eigenvalue weighted by Gasteiger charge is 2.15. The van der Waals surface area contributed by atoms with Crippen LogP contribution in [0.2, 0.25) is 0 Å². The van der Waals surface area contributed by atoms with Crippen LogP contribution < -0.4 is 10.7 Å². The molecule has 2 aromatic carbocycles. The third-order valence-electron chi connectivity index (χ3n) is 3.47. The van der Waals surface area contributed by atoms with Crippen molar-refractivity contribution in [2.24, 2.45) is 5.10 Å². The number of nitro groups is 1. The second kappa shape index (κ2) is 8.52. The Morgan fingerprint density at radius 1 is 1.12 bits per heavy atom. The van der Waals surface area contributed by atoms with Gasteiger partial charge in [0.15, 0.2) is 0 Å². The number of hydrogen-bond acceptors (Lipinski definition) is 6. The first-order valence-electron chi connectivity index (χ1n) is 7.80. The molecule has 0 saturated carbocycles.